The van der Waals surface area contributed by atoms with Gasteiger partial charge in [-0.2, -0.15) is 0 Å². The monoisotopic (exact) mass is 273 g/mol. The van der Waals surface area contributed by atoms with Crippen molar-refractivity contribution in [3.8, 4) is 5.75 Å². The topological polar surface area (TPSA) is 21.3 Å². The lowest BCUT2D eigenvalue weighted by Crippen LogP contribution is -2.35. The van der Waals surface area contributed by atoms with Crippen molar-refractivity contribution in [1.29, 1.82) is 0 Å². The predicted octanol–water partition coefficient (Wildman–Crippen LogP) is 4.17. The van der Waals surface area contributed by atoms with Gasteiger partial charge in [0.05, 0.1) is 0 Å². The summed E-state index contributed by atoms with van der Waals surface area (Å²) in [5.74, 6) is 2.62. The minimum atomic E-state index is 0.565. The van der Waals surface area contributed by atoms with Crippen molar-refractivity contribution in [2.45, 2.75) is 45.7 Å². The second kappa shape index (κ2) is 7.49. The largest absolute Gasteiger partial charge is 0.490 e. The number of benzene rings is 1. The van der Waals surface area contributed by atoms with Crippen molar-refractivity contribution < 1.29 is 4.74 Å². The summed E-state index contributed by atoms with van der Waals surface area (Å²) in [5.41, 5.74) is 1.32. The molecule has 2 unspecified atom stereocenters. The highest BCUT2D eigenvalue weighted by Crippen LogP contribution is 2.28. The zero-order valence-electron chi connectivity index (χ0n) is 12.8. The highest BCUT2D eigenvalue weighted by molar-refractivity contribution is 5.27. The minimum Gasteiger partial charge on any atom is -0.490 e. The van der Waals surface area contributed by atoms with E-state index in [9.17, 15) is 0 Å². The molecule has 2 atom stereocenters. The molecule has 0 saturated heterocycles. The maximum atomic E-state index is 5.49. The van der Waals surface area contributed by atoms with Crippen molar-refractivity contribution in [3.63, 3.8) is 0 Å². The normalized spacial score (nSPS) is 26.2. The van der Waals surface area contributed by atoms with Crippen LogP contribution in [0.15, 0.2) is 36.9 Å². The Balaban J connectivity index is 1.80. The number of hydrogen-bond donors (Lipinski definition) is 1. The fourth-order valence-corrected chi connectivity index (χ4v) is 3.23. The fourth-order valence-electron chi connectivity index (χ4n) is 3.23. The molecule has 1 aliphatic carbocycles. The molecule has 1 aromatic rings. The van der Waals surface area contributed by atoms with Crippen molar-refractivity contribution in [1.82, 2.24) is 5.32 Å². The van der Waals surface area contributed by atoms with Crippen molar-refractivity contribution in [2.75, 3.05) is 6.61 Å². The van der Waals surface area contributed by atoms with Crippen LogP contribution < -0.4 is 10.1 Å². The van der Waals surface area contributed by atoms with E-state index in [0.717, 1.165) is 24.1 Å². The van der Waals surface area contributed by atoms with Crippen LogP contribution >= 0.6 is 0 Å². The molecule has 0 amide bonds. The second-order valence-corrected chi connectivity index (χ2v) is 6.24. The summed E-state index contributed by atoms with van der Waals surface area (Å²) in [6, 6.07) is 9.02. The van der Waals surface area contributed by atoms with Crippen molar-refractivity contribution >= 4 is 0 Å². The van der Waals surface area contributed by atoms with Gasteiger partial charge in [0.15, 0.2) is 0 Å². The summed E-state index contributed by atoms with van der Waals surface area (Å²) in [7, 11) is 0. The Kier molecular flexibility index (Phi) is 5.66. The molecule has 0 heterocycles. The van der Waals surface area contributed by atoms with Gasteiger partial charge in [0.2, 0.25) is 0 Å². The van der Waals surface area contributed by atoms with Crippen LogP contribution in [0.4, 0.5) is 0 Å². The number of rotatable bonds is 6. The molecule has 1 aromatic carbocycles. The molecule has 0 radical (unpaired) electrons. The van der Waals surface area contributed by atoms with Crippen LogP contribution in [0.3, 0.4) is 0 Å². The minimum absolute atomic E-state index is 0.565. The van der Waals surface area contributed by atoms with Gasteiger partial charge in [0.25, 0.3) is 0 Å². The maximum absolute atomic E-state index is 5.49. The number of hydrogen-bond acceptors (Lipinski definition) is 2. The Labute approximate surface area is 123 Å². The zero-order chi connectivity index (χ0) is 14.4. The SMILES string of the molecule is C=CCOc1ccc(CNC2CC(C)CC(C)C2)cc1. The van der Waals surface area contributed by atoms with Gasteiger partial charge in [-0.05, 0) is 48.8 Å². The van der Waals surface area contributed by atoms with Crippen LogP contribution in [0.1, 0.15) is 38.7 Å². The second-order valence-electron chi connectivity index (χ2n) is 6.24. The van der Waals surface area contributed by atoms with E-state index in [4.69, 9.17) is 4.74 Å². The van der Waals surface area contributed by atoms with E-state index >= 15 is 0 Å². The Morgan fingerprint density at radius 1 is 1.15 bits per heavy atom. The van der Waals surface area contributed by atoms with Gasteiger partial charge < -0.3 is 10.1 Å². The van der Waals surface area contributed by atoms with E-state index in [-0.39, 0.29) is 0 Å². The summed E-state index contributed by atoms with van der Waals surface area (Å²) >= 11 is 0. The Hall–Kier alpha value is -1.28. The first-order valence-corrected chi connectivity index (χ1v) is 7.73. The molecule has 20 heavy (non-hydrogen) atoms. The average molecular weight is 273 g/mol. The van der Waals surface area contributed by atoms with Gasteiger partial charge in [-0.3, -0.25) is 0 Å². The molecule has 2 rings (SSSR count). The van der Waals surface area contributed by atoms with Crippen LogP contribution in [0.2, 0.25) is 0 Å². The summed E-state index contributed by atoms with van der Waals surface area (Å²) in [6.07, 6.45) is 5.77. The average Bonchev–Trinajstić information content (AvgIpc) is 2.43. The molecule has 0 aromatic heterocycles. The summed E-state index contributed by atoms with van der Waals surface area (Å²) in [4.78, 5) is 0. The molecule has 0 spiro atoms. The zero-order valence-corrected chi connectivity index (χ0v) is 12.8. The van der Waals surface area contributed by atoms with E-state index < -0.39 is 0 Å². The van der Waals surface area contributed by atoms with Crippen LogP contribution in [0.25, 0.3) is 0 Å². The van der Waals surface area contributed by atoms with Crippen molar-refractivity contribution in [2.24, 2.45) is 11.8 Å². The molecule has 2 nitrogen and oxygen atoms in total. The van der Waals surface area contributed by atoms with E-state index in [1.54, 1.807) is 6.08 Å². The number of ether oxygens (including phenoxy) is 1. The molecule has 2 heteroatoms. The quantitative estimate of drug-likeness (QED) is 0.786. The third-order valence-corrected chi connectivity index (χ3v) is 4.06. The summed E-state index contributed by atoms with van der Waals surface area (Å²) in [6.45, 7) is 9.91. The predicted molar refractivity (Wildman–Crippen MR) is 84.9 cm³/mol. The van der Waals surface area contributed by atoms with Gasteiger partial charge in [0.1, 0.15) is 12.4 Å². The molecule has 1 fully saturated rings. The number of nitrogens with one attached hydrogen (secondary N) is 1. The smallest absolute Gasteiger partial charge is 0.119 e. The molecule has 0 bridgehead atoms. The molecule has 110 valence electrons. The fraction of sp³-hybridized carbons (Fsp3) is 0.556. The Bertz CT molecular complexity index is 402. The van der Waals surface area contributed by atoms with E-state index in [0.29, 0.717) is 12.6 Å². The highest BCUT2D eigenvalue weighted by atomic mass is 16.5. The standard InChI is InChI=1S/C18H27NO/c1-4-9-20-18-7-5-16(6-8-18)13-19-17-11-14(2)10-15(3)12-17/h4-8,14-15,17,19H,1,9-13H2,2-3H3. The van der Waals surface area contributed by atoms with E-state index in [2.05, 4.69) is 37.9 Å². The van der Waals surface area contributed by atoms with Gasteiger partial charge >= 0.3 is 0 Å². The van der Waals surface area contributed by atoms with Crippen molar-refractivity contribution in [3.05, 3.63) is 42.5 Å². The molecule has 1 saturated carbocycles. The lowest BCUT2D eigenvalue weighted by atomic mass is 9.80. The first kappa shape index (κ1) is 15.1. The van der Waals surface area contributed by atoms with E-state index in [1.807, 2.05) is 12.1 Å². The molecule has 1 aliphatic rings. The van der Waals surface area contributed by atoms with Crippen LogP contribution in [-0.4, -0.2) is 12.6 Å². The van der Waals surface area contributed by atoms with Gasteiger partial charge in [-0.1, -0.05) is 38.6 Å². The Morgan fingerprint density at radius 2 is 1.80 bits per heavy atom. The molecular formula is C18H27NO. The molecular weight excluding hydrogens is 246 g/mol. The first-order chi connectivity index (χ1) is 9.67. The van der Waals surface area contributed by atoms with Gasteiger partial charge in [-0.25, -0.2) is 0 Å². The molecule has 0 aliphatic heterocycles. The third kappa shape index (κ3) is 4.68. The lowest BCUT2D eigenvalue weighted by molar-refractivity contribution is 0.238. The first-order valence-electron chi connectivity index (χ1n) is 7.73. The van der Waals surface area contributed by atoms with Crippen LogP contribution in [-0.2, 0) is 6.54 Å². The van der Waals surface area contributed by atoms with Gasteiger partial charge in [0, 0.05) is 12.6 Å². The maximum Gasteiger partial charge on any atom is 0.119 e. The Morgan fingerprint density at radius 3 is 2.40 bits per heavy atom. The van der Waals surface area contributed by atoms with Crippen LogP contribution in [0.5, 0.6) is 5.75 Å². The summed E-state index contributed by atoms with van der Waals surface area (Å²) in [5, 5.41) is 3.70. The lowest BCUT2D eigenvalue weighted by Gasteiger charge is -2.32. The summed E-state index contributed by atoms with van der Waals surface area (Å²) < 4.78 is 5.49. The molecule has 1 N–H and O–H groups in total. The van der Waals surface area contributed by atoms with E-state index in [1.165, 1.54) is 24.8 Å². The van der Waals surface area contributed by atoms with Crippen LogP contribution in [0, 0.1) is 11.8 Å². The highest BCUT2D eigenvalue weighted by Gasteiger charge is 2.23. The third-order valence-electron chi connectivity index (χ3n) is 4.06. The van der Waals surface area contributed by atoms with Gasteiger partial charge in [-0.15, -0.1) is 0 Å².